The lowest BCUT2D eigenvalue weighted by Gasteiger charge is -2.12. The number of nitrogens with one attached hydrogen (secondary N) is 1. The number of hydrogen-bond acceptors (Lipinski definition) is 4. The average Bonchev–Trinajstić information content (AvgIpc) is 2.47. The molecule has 5 N–H and O–H groups in total. The molecule has 0 bridgehead atoms. The highest BCUT2D eigenvalue weighted by Gasteiger charge is 2.10. The number of benzene rings is 2. The lowest BCUT2D eigenvalue weighted by Crippen LogP contribution is -2.27. The minimum Gasteiger partial charge on any atom is -0.508 e. The van der Waals surface area contributed by atoms with Crippen LogP contribution >= 0.6 is 0 Å². The molecule has 0 heterocycles. The summed E-state index contributed by atoms with van der Waals surface area (Å²) < 4.78 is 0. The molecule has 110 valence electrons. The van der Waals surface area contributed by atoms with Gasteiger partial charge in [-0.15, -0.1) is 0 Å². The Bertz CT molecular complexity index is 594. The van der Waals surface area contributed by atoms with E-state index in [-0.39, 0.29) is 29.0 Å². The van der Waals surface area contributed by atoms with Crippen LogP contribution in [0.1, 0.15) is 28.4 Å². The van der Waals surface area contributed by atoms with Crippen molar-refractivity contribution in [3.63, 3.8) is 0 Å². The Labute approximate surface area is 123 Å². The highest BCUT2D eigenvalue weighted by atomic mass is 16.3. The standard InChI is InChI=1S/C16H18N2O3/c17-15(11-4-2-1-3-5-11)6-7-18-16(21)12-8-13(19)10-14(20)9-12/h1-5,8-10,15,19-20H,6-7,17H2,(H,18,21). The van der Waals surface area contributed by atoms with E-state index >= 15 is 0 Å². The van der Waals surface area contributed by atoms with E-state index in [2.05, 4.69) is 5.32 Å². The largest absolute Gasteiger partial charge is 0.508 e. The second-order valence-electron chi connectivity index (χ2n) is 4.80. The summed E-state index contributed by atoms with van der Waals surface area (Å²) in [5.74, 6) is -0.663. The molecule has 0 aliphatic rings. The quantitative estimate of drug-likeness (QED) is 0.675. The van der Waals surface area contributed by atoms with Crippen LogP contribution in [0, 0.1) is 0 Å². The molecule has 1 unspecified atom stereocenters. The van der Waals surface area contributed by atoms with E-state index in [1.807, 2.05) is 30.3 Å². The van der Waals surface area contributed by atoms with Crippen LogP contribution in [-0.2, 0) is 0 Å². The molecule has 0 aromatic heterocycles. The van der Waals surface area contributed by atoms with Crippen molar-refractivity contribution < 1.29 is 15.0 Å². The Morgan fingerprint density at radius 2 is 1.71 bits per heavy atom. The van der Waals surface area contributed by atoms with Crippen molar-refractivity contribution in [1.82, 2.24) is 5.32 Å². The van der Waals surface area contributed by atoms with Crippen LogP contribution in [0.2, 0.25) is 0 Å². The Morgan fingerprint density at radius 1 is 1.10 bits per heavy atom. The van der Waals surface area contributed by atoms with Crippen LogP contribution in [-0.4, -0.2) is 22.7 Å². The van der Waals surface area contributed by atoms with E-state index in [4.69, 9.17) is 5.73 Å². The van der Waals surface area contributed by atoms with Gasteiger partial charge in [0.15, 0.2) is 0 Å². The Morgan fingerprint density at radius 3 is 2.33 bits per heavy atom. The molecule has 0 aliphatic heterocycles. The number of rotatable bonds is 5. The smallest absolute Gasteiger partial charge is 0.251 e. The zero-order chi connectivity index (χ0) is 15.2. The number of phenolic OH excluding ortho intramolecular Hbond substituents is 2. The molecule has 21 heavy (non-hydrogen) atoms. The van der Waals surface area contributed by atoms with E-state index in [1.165, 1.54) is 18.2 Å². The van der Waals surface area contributed by atoms with Gasteiger partial charge in [-0.1, -0.05) is 30.3 Å². The number of phenols is 2. The Hall–Kier alpha value is -2.53. The first-order valence-electron chi connectivity index (χ1n) is 6.68. The highest BCUT2D eigenvalue weighted by Crippen LogP contribution is 2.20. The normalized spacial score (nSPS) is 11.9. The van der Waals surface area contributed by atoms with Crippen molar-refractivity contribution in [2.24, 2.45) is 5.73 Å². The summed E-state index contributed by atoms with van der Waals surface area (Å²) in [6.07, 6.45) is 0.598. The summed E-state index contributed by atoms with van der Waals surface area (Å²) in [6, 6.07) is 13.3. The van der Waals surface area contributed by atoms with Crippen molar-refractivity contribution in [3.05, 3.63) is 59.7 Å². The van der Waals surface area contributed by atoms with E-state index < -0.39 is 0 Å². The minimum atomic E-state index is -0.360. The molecule has 1 amide bonds. The van der Waals surface area contributed by atoms with Gasteiger partial charge in [-0.05, 0) is 24.1 Å². The van der Waals surface area contributed by atoms with Crippen molar-refractivity contribution in [1.29, 1.82) is 0 Å². The predicted molar refractivity (Wildman–Crippen MR) is 80.1 cm³/mol. The van der Waals surface area contributed by atoms with Crippen LogP contribution in [0.15, 0.2) is 48.5 Å². The first-order valence-corrected chi connectivity index (χ1v) is 6.68. The maximum atomic E-state index is 11.9. The van der Waals surface area contributed by atoms with Crippen molar-refractivity contribution in [2.75, 3.05) is 6.54 Å². The zero-order valence-corrected chi connectivity index (χ0v) is 11.5. The lowest BCUT2D eigenvalue weighted by molar-refractivity contribution is 0.0951. The number of aromatic hydroxyl groups is 2. The topological polar surface area (TPSA) is 95.6 Å². The predicted octanol–water partition coefficient (Wildman–Crippen LogP) is 1.92. The second-order valence-corrected chi connectivity index (χ2v) is 4.80. The molecule has 0 saturated heterocycles. The monoisotopic (exact) mass is 286 g/mol. The highest BCUT2D eigenvalue weighted by molar-refractivity contribution is 5.95. The van der Waals surface area contributed by atoms with Crippen molar-refractivity contribution in [2.45, 2.75) is 12.5 Å². The van der Waals surface area contributed by atoms with Gasteiger partial charge in [-0.2, -0.15) is 0 Å². The van der Waals surface area contributed by atoms with E-state index in [1.54, 1.807) is 0 Å². The van der Waals surface area contributed by atoms with Gasteiger partial charge in [0.25, 0.3) is 5.91 Å². The molecule has 0 fully saturated rings. The summed E-state index contributed by atoms with van der Waals surface area (Å²) in [7, 11) is 0. The van der Waals surface area contributed by atoms with Gasteiger partial charge in [-0.25, -0.2) is 0 Å². The third kappa shape index (κ3) is 4.22. The van der Waals surface area contributed by atoms with Gasteiger partial charge in [-0.3, -0.25) is 4.79 Å². The molecule has 5 nitrogen and oxygen atoms in total. The number of nitrogens with two attached hydrogens (primary N) is 1. The van der Waals surface area contributed by atoms with E-state index in [0.717, 1.165) is 5.56 Å². The van der Waals surface area contributed by atoms with Gasteiger partial charge in [0.2, 0.25) is 0 Å². The van der Waals surface area contributed by atoms with Crippen LogP contribution in [0.4, 0.5) is 0 Å². The van der Waals surface area contributed by atoms with Gasteiger partial charge in [0.05, 0.1) is 0 Å². The summed E-state index contributed by atoms with van der Waals surface area (Å²) in [5.41, 5.74) is 7.26. The zero-order valence-electron chi connectivity index (χ0n) is 11.5. The first-order chi connectivity index (χ1) is 10.1. The molecular formula is C16H18N2O3. The second kappa shape index (κ2) is 6.76. The van der Waals surface area contributed by atoms with E-state index in [0.29, 0.717) is 13.0 Å². The fourth-order valence-corrected chi connectivity index (χ4v) is 2.04. The molecule has 2 aromatic carbocycles. The number of carbonyl (C=O) groups excluding carboxylic acids is 1. The van der Waals surface area contributed by atoms with Gasteiger partial charge >= 0.3 is 0 Å². The molecule has 0 spiro atoms. The summed E-state index contributed by atoms with van der Waals surface area (Å²) in [4.78, 5) is 11.9. The molecule has 2 aromatic rings. The lowest BCUT2D eigenvalue weighted by atomic mass is 10.0. The third-order valence-electron chi connectivity index (χ3n) is 3.13. The summed E-state index contributed by atoms with van der Waals surface area (Å²) in [6.45, 7) is 0.408. The molecule has 0 aliphatic carbocycles. The van der Waals surface area contributed by atoms with Crippen molar-refractivity contribution in [3.8, 4) is 11.5 Å². The summed E-state index contributed by atoms with van der Waals surface area (Å²) >= 11 is 0. The van der Waals surface area contributed by atoms with Crippen LogP contribution in [0.25, 0.3) is 0 Å². The number of amides is 1. The van der Waals surface area contributed by atoms with E-state index in [9.17, 15) is 15.0 Å². The Kier molecular flexibility index (Phi) is 4.79. The maximum absolute atomic E-state index is 11.9. The molecule has 5 heteroatoms. The number of hydrogen-bond donors (Lipinski definition) is 4. The van der Waals surface area contributed by atoms with Gasteiger partial charge in [0, 0.05) is 24.2 Å². The first kappa shape index (κ1) is 14.9. The fourth-order valence-electron chi connectivity index (χ4n) is 2.04. The van der Waals surface area contributed by atoms with Gasteiger partial charge < -0.3 is 21.3 Å². The molecule has 0 radical (unpaired) electrons. The van der Waals surface area contributed by atoms with Crippen LogP contribution < -0.4 is 11.1 Å². The summed E-state index contributed by atoms with van der Waals surface area (Å²) in [5, 5.41) is 21.4. The SMILES string of the molecule is NC(CCNC(=O)c1cc(O)cc(O)c1)c1ccccc1. The third-order valence-corrected chi connectivity index (χ3v) is 3.13. The molecule has 1 atom stereocenters. The molecular weight excluding hydrogens is 268 g/mol. The average molecular weight is 286 g/mol. The van der Waals surface area contributed by atoms with Crippen LogP contribution in [0.3, 0.4) is 0 Å². The Balaban J connectivity index is 1.87. The minimum absolute atomic E-state index is 0.149. The van der Waals surface area contributed by atoms with Crippen LogP contribution in [0.5, 0.6) is 11.5 Å². The molecule has 2 rings (SSSR count). The number of carbonyl (C=O) groups is 1. The van der Waals surface area contributed by atoms with Gasteiger partial charge in [0.1, 0.15) is 11.5 Å². The fraction of sp³-hybridized carbons (Fsp3) is 0.188. The maximum Gasteiger partial charge on any atom is 0.251 e. The van der Waals surface area contributed by atoms with Crippen molar-refractivity contribution >= 4 is 5.91 Å². The molecule has 0 saturated carbocycles.